The first-order valence-electron chi connectivity index (χ1n) is 10.0. The Morgan fingerprint density at radius 2 is 1.74 bits per heavy atom. The summed E-state index contributed by atoms with van der Waals surface area (Å²) in [6.07, 6.45) is 3.82. The number of ether oxygens (including phenoxy) is 2. The molecule has 0 aromatic heterocycles. The molecule has 0 amide bonds. The molecule has 2 fully saturated rings. The van der Waals surface area contributed by atoms with Gasteiger partial charge in [0.1, 0.15) is 0 Å². The quantitative estimate of drug-likeness (QED) is 0.795. The van der Waals surface area contributed by atoms with Gasteiger partial charge in [-0.15, -0.1) is 0 Å². The van der Waals surface area contributed by atoms with Crippen molar-refractivity contribution in [2.45, 2.75) is 37.9 Å². The lowest BCUT2D eigenvalue weighted by molar-refractivity contribution is 0.00633. The van der Waals surface area contributed by atoms with Crippen LogP contribution in [0.3, 0.4) is 0 Å². The van der Waals surface area contributed by atoms with Crippen LogP contribution >= 0.6 is 0 Å². The Morgan fingerprint density at radius 1 is 0.926 bits per heavy atom. The maximum absolute atomic E-state index is 5.54. The first-order valence-corrected chi connectivity index (χ1v) is 10.0. The Kier molecular flexibility index (Phi) is 5.65. The fraction of sp³-hybridized carbons (Fsp3) is 0.478. The van der Waals surface area contributed by atoms with Crippen LogP contribution in [0.4, 0.5) is 0 Å². The Balaban J connectivity index is 1.47. The third-order valence-corrected chi connectivity index (χ3v) is 6.07. The average molecular weight is 367 g/mol. The third-order valence-electron chi connectivity index (χ3n) is 6.07. The van der Waals surface area contributed by atoms with E-state index in [9.17, 15) is 0 Å². The highest BCUT2D eigenvalue weighted by molar-refractivity contribution is 5.44. The summed E-state index contributed by atoms with van der Waals surface area (Å²) >= 11 is 0. The number of rotatable bonds is 5. The first kappa shape index (κ1) is 18.3. The van der Waals surface area contributed by atoms with Crippen molar-refractivity contribution in [2.75, 3.05) is 33.9 Å². The normalized spacial score (nSPS) is 23.6. The molecule has 27 heavy (non-hydrogen) atoms. The van der Waals surface area contributed by atoms with Gasteiger partial charge in [-0.25, -0.2) is 0 Å². The lowest BCUT2D eigenvalue weighted by Crippen LogP contribution is -2.55. The second-order valence-electron chi connectivity index (χ2n) is 7.67. The van der Waals surface area contributed by atoms with Crippen molar-refractivity contribution in [3.05, 3.63) is 59.7 Å². The van der Waals surface area contributed by atoms with Crippen LogP contribution in [0, 0.1) is 0 Å². The van der Waals surface area contributed by atoms with E-state index in [1.165, 1.54) is 36.9 Å². The van der Waals surface area contributed by atoms with Crippen LogP contribution in [0.1, 0.15) is 36.4 Å². The summed E-state index contributed by atoms with van der Waals surface area (Å²) in [5.41, 5.74) is 2.77. The maximum atomic E-state index is 5.54. The smallest absolute Gasteiger partial charge is 0.161 e. The summed E-state index contributed by atoms with van der Waals surface area (Å²) < 4.78 is 10.9. The van der Waals surface area contributed by atoms with E-state index < -0.39 is 0 Å². The minimum absolute atomic E-state index is 0.488. The van der Waals surface area contributed by atoms with Crippen molar-refractivity contribution in [3.63, 3.8) is 0 Å². The zero-order valence-electron chi connectivity index (χ0n) is 16.4. The second-order valence-corrected chi connectivity index (χ2v) is 7.67. The molecule has 2 aromatic rings. The van der Waals surface area contributed by atoms with Crippen molar-refractivity contribution in [1.82, 2.24) is 9.80 Å². The van der Waals surface area contributed by atoms with Crippen LogP contribution < -0.4 is 9.47 Å². The predicted octanol–water partition coefficient (Wildman–Crippen LogP) is 4.12. The monoisotopic (exact) mass is 366 g/mol. The van der Waals surface area contributed by atoms with Gasteiger partial charge >= 0.3 is 0 Å². The van der Waals surface area contributed by atoms with Gasteiger partial charge in [0, 0.05) is 38.3 Å². The summed E-state index contributed by atoms with van der Waals surface area (Å²) in [6.45, 7) is 4.50. The highest BCUT2D eigenvalue weighted by Crippen LogP contribution is 2.39. The lowest BCUT2D eigenvalue weighted by atomic mass is 9.89. The molecular weight excluding hydrogens is 336 g/mol. The average Bonchev–Trinajstić information content (AvgIpc) is 2.73. The molecule has 4 rings (SSSR count). The van der Waals surface area contributed by atoms with Crippen LogP contribution in [-0.2, 0) is 6.54 Å². The van der Waals surface area contributed by atoms with Crippen LogP contribution in [0.15, 0.2) is 48.5 Å². The molecule has 2 atom stereocenters. The van der Waals surface area contributed by atoms with E-state index in [1.807, 2.05) is 6.07 Å². The van der Waals surface area contributed by atoms with Gasteiger partial charge in [0.05, 0.1) is 14.2 Å². The molecule has 1 unspecified atom stereocenters. The van der Waals surface area contributed by atoms with Crippen molar-refractivity contribution in [3.8, 4) is 11.5 Å². The molecule has 0 N–H and O–H groups in total. The predicted molar refractivity (Wildman–Crippen MR) is 108 cm³/mol. The first-order chi connectivity index (χ1) is 13.3. The number of benzene rings is 2. The molecule has 2 aromatic carbocycles. The largest absolute Gasteiger partial charge is 0.493 e. The Bertz CT molecular complexity index is 749. The van der Waals surface area contributed by atoms with E-state index in [4.69, 9.17) is 9.47 Å². The topological polar surface area (TPSA) is 24.9 Å². The van der Waals surface area contributed by atoms with Gasteiger partial charge in [-0.2, -0.15) is 0 Å². The van der Waals surface area contributed by atoms with Gasteiger partial charge in [-0.05, 0) is 42.5 Å². The minimum atomic E-state index is 0.488. The van der Waals surface area contributed by atoms with Gasteiger partial charge in [0.15, 0.2) is 11.5 Å². The van der Waals surface area contributed by atoms with Crippen LogP contribution in [0.5, 0.6) is 11.5 Å². The second kappa shape index (κ2) is 8.32. The SMILES string of the molecule is COc1ccc([C@H]2CCCC3CN(Cc4ccccc4)CCN32)cc1OC. The molecule has 2 saturated heterocycles. The highest BCUT2D eigenvalue weighted by Gasteiger charge is 2.35. The zero-order valence-corrected chi connectivity index (χ0v) is 16.4. The summed E-state index contributed by atoms with van der Waals surface area (Å²) in [7, 11) is 3.41. The van der Waals surface area contributed by atoms with Crippen molar-refractivity contribution in [1.29, 1.82) is 0 Å². The molecular formula is C23H30N2O2. The van der Waals surface area contributed by atoms with Gasteiger partial charge < -0.3 is 9.47 Å². The molecule has 2 aliphatic heterocycles. The fourth-order valence-electron chi connectivity index (χ4n) is 4.72. The van der Waals surface area contributed by atoms with Crippen molar-refractivity contribution < 1.29 is 9.47 Å². The Labute approximate surface area is 162 Å². The van der Waals surface area contributed by atoms with Crippen molar-refractivity contribution in [2.24, 2.45) is 0 Å². The Hall–Kier alpha value is -2.04. The number of hydrogen-bond donors (Lipinski definition) is 0. The van der Waals surface area contributed by atoms with E-state index >= 15 is 0 Å². The van der Waals surface area contributed by atoms with Gasteiger partial charge in [0.2, 0.25) is 0 Å². The summed E-state index contributed by atoms with van der Waals surface area (Å²) in [4.78, 5) is 5.35. The molecule has 144 valence electrons. The third kappa shape index (κ3) is 3.97. The van der Waals surface area contributed by atoms with Crippen LogP contribution in [-0.4, -0.2) is 49.7 Å². The number of hydrogen-bond acceptors (Lipinski definition) is 4. The molecule has 0 saturated carbocycles. The van der Waals surface area contributed by atoms with E-state index in [0.717, 1.165) is 31.1 Å². The number of methoxy groups -OCH3 is 2. The molecule has 0 aliphatic carbocycles. The summed E-state index contributed by atoms with van der Waals surface area (Å²) in [5.74, 6) is 1.64. The van der Waals surface area contributed by atoms with Crippen LogP contribution in [0.2, 0.25) is 0 Å². The van der Waals surface area contributed by atoms with E-state index in [2.05, 4.69) is 52.3 Å². The van der Waals surface area contributed by atoms with Gasteiger partial charge in [-0.3, -0.25) is 9.80 Å². The number of piperidine rings is 1. The fourth-order valence-corrected chi connectivity index (χ4v) is 4.72. The standard InChI is InChI=1S/C23H30N2O2/c1-26-22-12-11-19(15-23(22)27-2)21-10-6-9-20-17-24(13-14-25(20)21)16-18-7-4-3-5-8-18/h3-5,7-8,11-12,15,20-21H,6,9-10,13-14,16-17H2,1-2H3/t20?,21-/m1/s1. The number of piperazine rings is 1. The van der Waals surface area contributed by atoms with E-state index in [-0.39, 0.29) is 0 Å². The van der Waals surface area contributed by atoms with Crippen molar-refractivity contribution >= 4 is 0 Å². The lowest BCUT2D eigenvalue weighted by Gasteiger charge is -2.48. The molecule has 2 aliphatic rings. The Morgan fingerprint density at radius 3 is 2.52 bits per heavy atom. The maximum Gasteiger partial charge on any atom is 0.161 e. The summed E-state index contributed by atoms with van der Waals surface area (Å²) in [5, 5.41) is 0. The van der Waals surface area contributed by atoms with Crippen LogP contribution in [0.25, 0.3) is 0 Å². The molecule has 0 radical (unpaired) electrons. The van der Waals surface area contributed by atoms with Gasteiger partial charge in [-0.1, -0.05) is 36.4 Å². The molecule has 4 heteroatoms. The number of nitrogens with zero attached hydrogens (tertiary/aromatic N) is 2. The number of fused-ring (bicyclic) bond motifs is 1. The van der Waals surface area contributed by atoms with E-state index in [0.29, 0.717) is 12.1 Å². The molecule has 4 nitrogen and oxygen atoms in total. The molecule has 0 bridgehead atoms. The zero-order chi connectivity index (χ0) is 18.6. The van der Waals surface area contributed by atoms with Gasteiger partial charge in [0.25, 0.3) is 0 Å². The highest BCUT2D eigenvalue weighted by atomic mass is 16.5. The minimum Gasteiger partial charge on any atom is -0.493 e. The summed E-state index contributed by atoms with van der Waals surface area (Å²) in [6, 6.07) is 18.4. The van der Waals surface area contributed by atoms with E-state index in [1.54, 1.807) is 14.2 Å². The molecule has 0 spiro atoms. The molecule has 2 heterocycles.